The Bertz CT molecular complexity index is 795. The van der Waals surface area contributed by atoms with Crippen molar-refractivity contribution < 1.29 is 9.59 Å². The number of pyridine rings is 1. The predicted molar refractivity (Wildman–Crippen MR) is 95.2 cm³/mol. The molecule has 0 saturated heterocycles. The van der Waals surface area contributed by atoms with E-state index in [4.69, 9.17) is 0 Å². The third-order valence-electron chi connectivity index (χ3n) is 3.41. The van der Waals surface area contributed by atoms with Crippen LogP contribution in [0, 0.1) is 18.3 Å². The molecule has 1 amide bonds. The summed E-state index contributed by atoms with van der Waals surface area (Å²) in [5.74, 6) is 0.0368. The molecule has 0 aliphatic rings. The Morgan fingerprint density at radius 3 is 2.79 bits per heavy atom. The summed E-state index contributed by atoms with van der Waals surface area (Å²) in [6.07, 6.45) is 0. The lowest BCUT2D eigenvalue weighted by Crippen LogP contribution is -2.27. The van der Waals surface area contributed by atoms with E-state index in [9.17, 15) is 14.9 Å². The van der Waals surface area contributed by atoms with E-state index in [2.05, 4.69) is 4.98 Å². The van der Waals surface area contributed by atoms with Crippen molar-refractivity contribution in [3.8, 4) is 6.07 Å². The molecule has 0 radical (unpaired) electrons. The van der Waals surface area contributed by atoms with Crippen LogP contribution < -0.4 is 0 Å². The molecule has 5 nitrogen and oxygen atoms in total. The third kappa shape index (κ3) is 4.43. The van der Waals surface area contributed by atoms with Gasteiger partial charge >= 0.3 is 0 Å². The van der Waals surface area contributed by atoms with Gasteiger partial charge in [0.25, 0.3) is 0 Å². The summed E-state index contributed by atoms with van der Waals surface area (Å²) in [5.41, 5.74) is 1.34. The van der Waals surface area contributed by atoms with Crippen LogP contribution in [-0.2, 0) is 11.3 Å². The average Bonchev–Trinajstić information content (AvgIpc) is 3.05. The van der Waals surface area contributed by atoms with Gasteiger partial charge in [-0.15, -0.1) is 11.3 Å². The van der Waals surface area contributed by atoms with Crippen LogP contribution in [0.3, 0.4) is 0 Å². The van der Waals surface area contributed by atoms with Gasteiger partial charge in [0.15, 0.2) is 5.78 Å². The summed E-state index contributed by atoms with van der Waals surface area (Å²) in [7, 11) is 1.76. The van der Waals surface area contributed by atoms with Crippen LogP contribution in [0.15, 0.2) is 28.6 Å². The van der Waals surface area contributed by atoms with Gasteiger partial charge in [0, 0.05) is 23.2 Å². The molecule has 0 bridgehead atoms. The summed E-state index contributed by atoms with van der Waals surface area (Å²) in [4.78, 5) is 30.9. The van der Waals surface area contributed by atoms with Crippen LogP contribution in [0.5, 0.6) is 0 Å². The predicted octanol–water partition coefficient (Wildman–Crippen LogP) is 3.28. The molecule has 0 aliphatic heterocycles. The number of thiophene rings is 1. The van der Waals surface area contributed by atoms with E-state index in [1.54, 1.807) is 36.3 Å². The molecule has 2 heterocycles. The smallest absolute Gasteiger partial charge is 0.233 e. The second kappa shape index (κ2) is 8.08. The van der Waals surface area contributed by atoms with Gasteiger partial charge in [0.1, 0.15) is 11.1 Å². The van der Waals surface area contributed by atoms with Crippen LogP contribution in [0.1, 0.15) is 33.4 Å². The fourth-order valence-electron chi connectivity index (χ4n) is 2.09. The van der Waals surface area contributed by atoms with E-state index >= 15 is 0 Å². The number of nitrogens with zero attached hydrogens (tertiary/aromatic N) is 3. The number of carbonyl (C=O) groups is 2. The maximum Gasteiger partial charge on any atom is 0.233 e. The topological polar surface area (TPSA) is 74.1 Å². The Balaban J connectivity index is 2.05. The van der Waals surface area contributed by atoms with Gasteiger partial charge in [0.05, 0.1) is 17.9 Å². The SMILES string of the molecule is CC(=O)c1cc(C#N)c(SCC(=O)N(C)Cc2cccs2)nc1C. The Hall–Kier alpha value is -2.17. The second-order valence-electron chi connectivity index (χ2n) is 5.26. The maximum absolute atomic E-state index is 12.2. The highest BCUT2D eigenvalue weighted by Gasteiger charge is 2.16. The molecule has 2 rings (SSSR count). The Labute approximate surface area is 149 Å². The number of hydrogen-bond acceptors (Lipinski definition) is 6. The molecule has 7 heteroatoms. The van der Waals surface area contributed by atoms with Crippen LogP contribution in [-0.4, -0.2) is 34.4 Å². The standard InChI is InChI=1S/C17H17N3O2S2/c1-11-15(12(2)21)7-13(8-18)17(19-11)24-10-16(22)20(3)9-14-5-4-6-23-14/h4-7H,9-10H2,1-3H3. The minimum Gasteiger partial charge on any atom is -0.340 e. The zero-order chi connectivity index (χ0) is 17.7. The number of carbonyl (C=O) groups excluding carboxylic acids is 2. The van der Waals surface area contributed by atoms with Crippen molar-refractivity contribution in [2.24, 2.45) is 0 Å². The number of aryl methyl sites for hydroxylation is 1. The van der Waals surface area contributed by atoms with Gasteiger partial charge in [-0.2, -0.15) is 5.26 Å². The maximum atomic E-state index is 12.2. The lowest BCUT2D eigenvalue weighted by molar-refractivity contribution is -0.127. The molecular formula is C17H17N3O2S2. The van der Waals surface area contributed by atoms with E-state index in [-0.39, 0.29) is 17.4 Å². The summed E-state index contributed by atoms with van der Waals surface area (Å²) in [6, 6.07) is 7.54. The van der Waals surface area contributed by atoms with E-state index in [0.29, 0.717) is 28.4 Å². The molecule has 0 aliphatic carbocycles. The van der Waals surface area contributed by atoms with Crippen molar-refractivity contribution in [2.75, 3.05) is 12.8 Å². The molecule has 0 fully saturated rings. The summed E-state index contributed by atoms with van der Waals surface area (Å²) >= 11 is 2.83. The molecule has 2 aromatic heterocycles. The first kappa shape index (κ1) is 18.2. The first-order valence-corrected chi connectivity index (χ1v) is 9.10. The summed E-state index contributed by atoms with van der Waals surface area (Å²) in [5, 5.41) is 11.7. The molecule has 0 unspecified atom stereocenters. The van der Waals surface area contributed by atoms with Gasteiger partial charge in [-0.1, -0.05) is 17.8 Å². The van der Waals surface area contributed by atoms with Crippen molar-refractivity contribution in [3.05, 3.63) is 45.3 Å². The van der Waals surface area contributed by atoms with E-state index in [1.165, 1.54) is 18.7 Å². The van der Waals surface area contributed by atoms with E-state index in [1.807, 2.05) is 23.6 Å². The quantitative estimate of drug-likeness (QED) is 0.584. The number of amides is 1. The molecule has 124 valence electrons. The number of rotatable bonds is 6. The Morgan fingerprint density at radius 2 is 2.21 bits per heavy atom. The van der Waals surface area contributed by atoms with Gasteiger partial charge in [-0.3, -0.25) is 9.59 Å². The molecule has 0 spiro atoms. The van der Waals surface area contributed by atoms with Crippen LogP contribution in [0.2, 0.25) is 0 Å². The van der Waals surface area contributed by atoms with E-state index < -0.39 is 0 Å². The number of thioether (sulfide) groups is 1. The lowest BCUT2D eigenvalue weighted by Gasteiger charge is -2.16. The van der Waals surface area contributed by atoms with Crippen molar-refractivity contribution in [2.45, 2.75) is 25.4 Å². The number of Topliss-reactive ketones (excluding diaryl/α,β-unsaturated/α-hetero) is 1. The molecule has 0 saturated carbocycles. The van der Waals surface area contributed by atoms with Gasteiger partial charge in [0.2, 0.25) is 5.91 Å². The fraction of sp³-hybridized carbons (Fsp3) is 0.294. The zero-order valence-electron chi connectivity index (χ0n) is 13.7. The highest BCUT2D eigenvalue weighted by Crippen LogP contribution is 2.23. The number of nitriles is 1. The van der Waals surface area contributed by atoms with Crippen LogP contribution in [0.25, 0.3) is 0 Å². The highest BCUT2D eigenvalue weighted by molar-refractivity contribution is 8.00. The normalized spacial score (nSPS) is 10.2. The number of aromatic nitrogens is 1. The van der Waals surface area contributed by atoms with E-state index in [0.717, 1.165) is 4.88 Å². The minimum atomic E-state index is -0.125. The largest absolute Gasteiger partial charge is 0.340 e. The first-order valence-electron chi connectivity index (χ1n) is 7.24. The Morgan fingerprint density at radius 1 is 1.46 bits per heavy atom. The van der Waals surface area contributed by atoms with Crippen LogP contribution in [0.4, 0.5) is 0 Å². The summed E-state index contributed by atoms with van der Waals surface area (Å²) < 4.78 is 0. The highest BCUT2D eigenvalue weighted by atomic mass is 32.2. The number of hydrogen-bond donors (Lipinski definition) is 0. The molecular weight excluding hydrogens is 342 g/mol. The molecule has 0 atom stereocenters. The van der Waals surface area contributed by atoms with Gasteiger partial charge in [-0.05, 0) is 31.4 Å². The Kier molecular flexibility index (Phi) is 6.12. The van der Waals surface area contributed by atoms with Crippen molar-refractivity contribution in [1.82, 2.24) is 9.88 Å². The summed E-state index contributed by atoms with van der Waals surface area (Å²) in [6.45, 7) is 3.74. The molecule has 0 aromatic carbocycles. The van der Waals surface area contributed by atoms with Gasteiger partial charge in [-0.25, -0.2) is 4.98 Å². The fourth-order valence-corrected chi connectivity index (χ4v) is 3.79. The molecule has 0 N–H and O–H groups in total. The lowest BCUT2D eigenvalue weighted by atomic mass is 10.1. The average molecular weight is 359 g/mol. The van der Waals surface area contributed by atoms with Crippen LogP contribution >= 0.6 is 23.1 Å². The zero-order valence-corrected chi connectivity index (χ0v) is 15.3. The second-order valence-corrected chi connectivity index (χ2v) is 7.26. The molecule has 2 aromatic rings. The van der Waals surface area contributed by atoms with Crippen molar-refractivity contribution in [3.63, 3.8) is 0 Å². The van der Waals surface area contributed by atoms with Gasteiger partial charge < -0.3 is 4.90 Å². The first-order chi connectivity index (χ1) is 11.4. The molecule has 24 heavy (non-hydrogen) atoms. The monoisotopic (exact) mass is 359 g/mol. The van der Waals surface area contributed by atoms with Crippen molar-refractivity contribution in [1.29, 1.82) is 5.26 Å². The minimum absolute atomic E-state index is 0.0348. The third-order valence-corrected chi connectivity index (χ3v) is 5.25. The number of ketones is 1. The van der Waals surface area contributed by atoms with Crippen molar-refractivity contribution >= 4 is 34.8 Å².